The van der Waals surface area contributed by atoms with Crippen LogP contribution in [0.4, 0.5) is 4.39 Å². The molecular formula is C16H12FN3O. The van der Waals surface area contributed by atoms with Crippen molar-refractivity contribution in [2.75, 3.05) is 0 Å². The quantitative estimate of drug-likeness (QED) is 0.562. The van der Waals surface area contributed by atoms with Crippen LogP contribution >= 0.6 is 0 Å². The van der Waals surface area contributed by atoms with Gasteiger partial charge in [-0.15, -0.1) is 0 Å². The fraction of sp³-hybridized carbons (Fsp3) is 0. The molecule has 104 valence electrons. The standard InChI is InChI=1S/C16H12FN3O/c17-14-7-2-1-4-12(14)10-19-20-16(21)13-6-3-5-11-8-9-18-15(11)13/h1-10,18H,(H,20,21)/b19-10+. The molecule has 0 aliphatic rings. The monoisotopic (exact) mass is 281 g/mol. The number of halogens is 1. The van der Waals surface area contributed by atoms with Gasteiger partial charge in [0.1, 0.15) is 5.82 Å². The molecule has 0 bridgehead atoms. The lowest BCUT2D eigenvalue weighted by atomic mass is 10.1. The van der Waals surface area contributed by atoms with E-state index >= 15 is 0 Å². The molecule has 0 atom stereocenters. The van der Waals surface area contributed by atoms with Crippen LogP contribution in [0.1, 0.15) is 15.9 Å². The maximum Gasteiger partial charge on any atom is 0.273 e. The zero-order valence-corrected chi connectivity index (χ0v) is 11.0. The number of carbonyl (C=O) groups is 1. The van der Waals surface area contributed by atoms with Crippen LogP contribution in [0, 0.1) is 5.82 Å². The molecule has 4 nitrogen and oxygen atoms in total. The van der Waals surface area contributed by atoms with E-state index in [4.69, 9.17) is 0 Å². The van der Waals surface area contributed by atoms with Crippen LogP contribution in [0.2, 0.25) is 0 Å². The Hall–Kier alpha value is -2.95. The number of para-hydroxylation sites is 1. The molecule has 1 heterocycles. The topological polar surface area (TPSA) is 57.2 Å². The summed E-state index contributed by atoms with van der Waals surface area (Å²) in [7, 11) is 0. The Morgan fingerprint density at radius 2 is 2.00 bits per heavy atom. The highest BCUT2D eigenvalue weighted by atomic mass is 19.1. The van der Waals surface area contributed by atoms with Gasteiger partial charge in [-0.25, -0.2) is 9.82 Å². The van der Waals surface area contributed by atoms with Gasteiger partial charge in [-0.3, -0.25) is 4.79 Å². The van der Waals surface area contributed by atoms with Crippen LogP contribution in [0.15, 0.2) is 59.8 Å². The van der Waals surface area contributed by atoms with E-state index in [-0.39, 0.29) is 11.7 Å². The van der Waals surface area contributed by atoms with Crippen LogP contribution in [0.3, 0.4) is 0 Å². The number of rotatable bonds is 3. The van der Waals surface area contributed by atoms with E-state index in [1.807, 2.05) is 12.1 Å². The van der Waals surface area contributed by atoms with Gasteiger partial charge in [0.15, 0.2) is 0 Å². The summed E-state index contributed by atoms with van der Waals surface area (Å²) in [5.41, 5.74) is 3.95. The number of carbonyl (C=O) groups excluding carboxylic acids is 1. The van der Waals surface area contributed by atoms with E-state index < -0.39 is 0 Å². The highest BCUT2D eigenvalue weighted by molar-refractivity contribution is 6.05. The van der Waals surface area contributed by atoms with Crippen LogP contribution < -0.4 is 5.43 Å². The Balaban J connectivity index is 1.78. The molecule has 0 saturated carbocycles. The van der Waals surface area contributed by atoms with Crippen molar-refractivity contribution in [1.82, 2.24) is 10.4 Å². The molecule has 0 spiro atoms. The van der Waals surface area contributed by atoms with E-state index in [2.05, 4.69) is 15.5 Å². The molecule has 1 aromatic heterocycles. The van der Waals surface area contributed by atoms with Gasteiger partial charge in [-0.05, 0) is 18.2 Å². The Morgan fingerprint density at radius 1 is 1.14 bits per heavy atom. The van der Waals surface area contributed by atoms with Crippen molar-refractivity contribution in [2.24, 2.45) is 5.10 Å². The number of aromatic amines is 1. The van der Waals surface area contributed by atoms with Crippen molar-refractivity contribution in [3.05, 3.63) is 71.7 Å². The van der Waals surface area contributed by atoms with Gasteiger partial charge >= 0.3 is 0 Å². The second kappa shape index (κ2) is 5.58. The van der Waals surface area contributed by atoms with Crippen molar-refractivity contribution in [3.8, 4) is 0 Å². The number of nitrogens with zero attached hydrogens (tertiary/aromatic N) is 1. The zero-order valence-electron chi connectivity index (χ0n) is 11.0. The summed E-state index contributed by atoms with van der Waals surface area (Å²) in [5, 5.41) is 4.74. The predicted octanol–water partition coefficient (Wildman–Crippen LogP) is 3.07. The van der Waals surface area contributed by atoms with Gasteiger partial charge in [-0.1, -0.05) is 30.3 Å². The molecule has 0 saturated heterocycles. The third-order valence-corrected chi connectivity index (χ3v) is 3.11. The molecule has 3 rings (SSSR count). The number of hydrogen-bond acceptors (Lipinski definition) is 2. The summed E-state index contributed by atoms with van der Waals surface area (Å²) in [4.78, 5) is 15.1. The molecule has 0 unspecified atom stereocenters. The minimum atomic E-state index is -0.387. The number of H-pyrrole nitrogens is 1. The first-order valence-corrected chi connectivity index (χ1v) is 6.40. The second-order valence-corrected chi connectivity index (χ2v) is 4.47. The van der Waals surface area contributed by atoms with E-state index in [9.17, 15) is 9.18 Å². The molecular weight excluding hydrogens is 269 g/mol. The first-order valence-electron chi connectivity index (χ1n) is 6.40. The van der Waals surface area contributed by atoms with Crippen LogP contribution in [0.25, 0.3) is 10.9 Å². The summed E-state index contributed by atoms with van der Waals surface area (Å²) >= 11 is 0. The minimum absolute atomic E-state index is 0.316. The molecule has 1 amide bonds. The smallest absolute Gasteiger partial charge is 0.273 e. The number of hydrogen-bond donors (Lipinski definition) is 2. The normalized spacial score (nSPS) is 11.1. The van der Waals surface area contributed by atoms with Gasteiger partial charge in [-0.2, -0.15) is 5.10 Å². The van der Waals surface area contributed by atoms with Gasteiger partial charge in [0.25, 0.3) is 5.91 Å². The fourth-order valence-electron chi connectivity index (χ4n) is 2.07. The van der Waals surface area contributed by atoms with Crippen molar-refractivity contribution in [2.45, 2.75) is 0 Å². The number of benzene rings is 2. The summed E-state index contributed by atoms with van der Waals surface area (Å²) < 4.78 is 13.4. The fourth-order valence-corrected chi connectivity index (χ4v) is 2.07. The maximum atomic E-state index is 13.4. The first-order chi connectivity index (χ1) is 10.3. The number of hydrazone groups is 1. The molecule has 0 radical (unpaired) electrons. The van der Waals surface area contributed by atoms with Crippen molar-refractivity contribution in [3.63, 3.8) is 0 Å². The largest absolute Gasteiger partial charge is 0.361 e. The Kier molecular flexibility index (Phi) is 3.47. The van der Waals surface area contributed by atoms with Crippen molar-refractivity contribution >= 4 is 23.0 Å². The third-order valence-electron chi connectivity index (χ3n) is 3.11. The zero-order chi connectivity index (χ0) is 14.7. The highest BCUT2D eigenvalue weighted by Crippen LogP contribution is 2.16. The van der Waals surface area contributed by atoms with Gasteiger partial charge in [0.05, 0.1) is 17.3 Å². The van der Waals surface area contributed by atoms with E-state index in [0.717, 1.165) is 10.9 Å². The molecule has 2 N–H and O–H groups in total. The summed E-state index contributed by atoms with van der Waals surface area (Å²) in [6.45, 7) is 0. The van der Waals surface area contributed by atoms with E-state index in [1.54, 1.807) is 36.5 Å². The molecule has 0 fully saturated rings. The minimum Gasteiger partial charge on any atom is -0.361 e. The third kappa shape index (κ3) is 2.67. The number of aromatic nitrogens is 1. The van der Waals surface area contributed by atoms with Crippen LogP contribution in [-0.2, 0) is 0 Å². The lowest BCUT2D eigenvalue weighted by Gasteiger charge is -2.02. The Labute approximate surface area is 120 Å². The summed E-state index contributed by atoms with van der Waals surface area (Å²) in [5.74, 6) is -0.738. The summed E-state index contributed by atoms with van der Waals surface area (Å²) in [6.07, 6.45) is 3.05. The molecule has 0 aliphatic carbocycles. The van der Waals surface area contributed by atoms with Crippen molar-refractivity contribution in [1.29, 1.82) is 0 Å². The van der Waals surface area contributed by atoms with Gasteiger partial charge in [0, 0.05) is 17.1 Å². The molecule has 2 aromatic carbocycles. The van der Waals surface area contributed by atoms with E-state index in [0.29, 0.717) is 11.1 Å². The average molecular weight is 281 g/mol. The number of fused-ring (bicyclic) bond motifs is 1. The second-order valence-electron chi connectivity index (χ2n) is 4.47. The Morgan fingerprint density at radius 3 is 2.86 bits per heavy atom. The summed E-state index contributed by atoms with van der Waals surface area (Å²) in [6, 6.07) is 13.5. The number of nitrogens with one attached hydrogen (secondary N) is 2. The SMILES string of the molecule is O=C(N/N=C/c1ccccc1F)c1cccc2cc[nH]c12. The van der Waals surface area contributed by atoms with E-state index in [1.165, 1.54) is 12.3 Å². The van der Waals surface area contributed by atoms with Crippen LogP contribution in [-0.4, -0.2) is 17.1 Å². The van der Waals surface area contributed by atoms with Crippen LogP contribution in [0.5, 0.6) is 0 Å². The van der Waals surface area contributed by atoms with Crippen molar-refractivity contribution < 1.29 is 9.18 Å². The van der Waals surface area contributed by atoms with Gasteiger partial charge < -0.3 is 4.98 Å². The Bertz CT molecular complexity index is 823. The molecule has 0 aliphatic heterocycles. The average Bonchev–Trinajstić information content (AvgIpc) is 2.97. The maximum absolute atomic E-state index is 13.4. The highest BCUT2D eigenvalue weighted by Gasteiger charge is 2.09. The molecule has 21 heavy (non-hydrogen) atoms. The number of amides is 1. The predicted molar refractivity (Wildman–Crippen MR) is 79.8 cm³/mol. The first kappa shape index (κ1) is 13.1. The van der Waals surface area contributed by atoms with Gasteiger partial charge in [0.2, 0.25) is 0 Å². The lowest BCUT2D eigenvalue weighted by Crippen LogP contribution is -2.18. The molecule has 3 aromatic rings. The lowest BCUT2D eigenvalue weighted by molar-refractivity contribution is 0.0956. The molecule has 5 heteroatoms.